The number of carbonyl (C=O) groups excluding carboxylic acids is 1. The van der Waals surface area contributed by atoms with Gasteiger partial charge >= 0.3 is 0 Å². The van der Waals surface area contributed by atoms with Crippen LogP contribution in [-0.2, 0) is 16.6 Å². The third-order valence-corrected chi connectivity index (χ3v) is 5.96. The topological polar surface area (TPSA) is 105 Å². The molecule has 2 aromatic heterocycles. The molecule has 0 aliphatic carbocycles. The highest BCUT2D eigenvalue weighted by Crippen LogP contribution is 2.19. The van der Waals surface area contributed by atoms with E-state index in [-0.39, 0.29) is 17.3 Å². The van der Waals surface area contributed by atoms with Gasteiger partial charge in [0.25, 0.3) is 15.9 Å². The van der Waals surface area contributed by atoms with Crippen molar-refractivity contribution < 1.29 is 13.2 Å². The van der Waals surface area contributed by atoms with Gasteiger partial charge in [0.2, 0.25) is 0 Å². The molecule has 2 heterocycles. The Bertz CT molecular complexity index is 1300. The number of hydrogen-bond donors (Lipinski definition) is 2. The van der Waals surface area contributed by atoms with Gasteiger partial charge in [-0.3, -0.25) is 13.9 Å². The zero-order valence-corrected chi connectivity index (χ0v) is 17.1. The van der Waals surface area contributed by atoms with Crippen LogP contribution in [0.5, 0.6) is 0 Å². The molecule has 0 bridgehead atoms. The molecule has 4 rings (SSSR count). The van der Waals surface area contributed by atoms with Crippen LogP contribution in [0.15, 0.2) is 77.8 Å². The number of benzene rings is 2. The van der Waals surface area contributed by atoms with Crippen LogP contribution in [0.1, 0.15) is 16.2 Å². The fraction of sp³-hybridized carbons (Fsp3) is 0.0500. The number of nitrogens with one attached hydrogen (secondary N) is 2. The van der Waals surface area contributed by atoms with Crippen LogP contribution in [0.3, 0.4) is 0 Å². The number of aromatic nitrogens is 3. The smallest absolute Gasteiger partial charge is 0.261 e. The van der Waals surface area contributed by atoms with Crippen LogP contribution in [0, 0.1) is 0 Å². The Morgan fingerprint density at radius 1 is 0.967 bits per heavy atom. The Morgan fingerprint density at radius 3 is 2.43 bits per heavy atom. The van der Waals surface area contributed by atoms with Gasteiger partial charge in [-0.2, -0.15) is 0 Å². The van der Waals surface area contributed by atoms with Crippen LogP contribution in [0.2, 0.25) is 5.02 Å². The Labute approximate surface area is 177 Å². The van der Waals surface area contributed by atoms with E-state index in [1.54, 1.807) is 28.7 Å². The maximum absolute atomic E-state index is 12.5. The van der Waals surface area contributed by atoms with Crippen LogP contribution in [0.4, 0.5) is 5.69 Å². The van der Waals surface area contributed by atoms with Gasteiger partial charge in [-0.05, 0) is 60.7 Å². The van der Waals surface area contributed by atoms with Gasteiger partial charge in [-0.1, -0.05) is 17.7 Å². The number of rotatable bonds is 6. The average molecular weight is 442 g/mol. The van der Waals surface area contributed by atoms with Gasteiger partial charge in [-0.15, -0.1) is 10.2 Å². The highest BCUT2D eigenvalue weighted by Gasteiger charge is 2.16. The average Bonchev–Trinajstić information content (AvgIpc) is 3.17. The van der Waals surface area contributed by atoms with E-state index < -0.39 is 10.0 Å². The first-order valence-corrected chi connectivity index (χ1v) is 10.7. The molecule has 10 heteroatoms. The molecule has 8 nitrogen and oxygen atoms in total. The predicted octanol–water partition coefficient (Wildman–Crippen LogP) is 3.11. The molecule has 2 N–H and O–H groups in total. The molecule has 0 aliphatic rings. The minimum absolute atomic E-state index is 0.0393. The van der Waals surface area contributed by atoms with Crippen molar-refractivity contribution in [2.75, 3.05) is 4.72 Å². The van der Waals surface area contributed by atoms with Crippen molar-refractivity contribution in [1.82, 2.24) is 19.9 Å². The highest BCUT2D eigenvalue weighted by molar-refractivity contribution is 7.92. The molecule has 30 heavy (non-hydrogen) atoms. The number of nitrogens with zero attached hydrogens (tertiary/aromatic N) is 3. The van der Waals surface area contributed by atoms with Crippen LogP contribution in [0.25, 0.3) is 5.65 Å². The molecule has 0 spiro atoms. The summed E-state index contributed by atoms with van der Waals surface area (Å²) in [6.07, 6.45) is 1.81. The number of fused-ring (bicyclic) bond motifs is 1. The first-order valence-electron chi connectivity index (χ1n) is 8.88. The Morgan fingerprint density at radius 2 is 1.70 bits per heavy atom. The van der Waals surface area contributed by atoms with Crippen molar-refractivity contribution in [1.29, 1.82) is 0 Å². The molecule has 4 aromatic rings. The molecule has 0 aliphatic heterocycles. The molecule has 0 saturated carbocycles. The molecule has 0 unspecified atom stereocenters. The van der Waals surface area contributed by atoms with Gasteiger partial charge in [0, 0.05) is 22.5 Å². The SMILES string of the molecule is O=C(NCc1nnc2ccccn12)c1ccc(S(=O)(=O)Nc2ccc(Cl)cc2)cc1. The summed E-state index contributed by atoms with van der Waals surface area (Å²) in [7, 11) is -3.79. The zero-order chi connectivity index (χ0) is 21.1. The van der Waals surface area contributed by atoms with E-state index in [1.807, 2.05) is 24.4 Å². The van der Waals surface area contributed by atoms with E-state index in [4.69, 9.17) is 11.6 Å². The van der Waals surface area contributed by atoms with Crippen molar-refractivity contribution in [2.24, 2.45) is 0 Å². The monoisotopic (exact) mass is 441 g/mol. The molecule has 0 saturated heterocycles. The number of halogens is 1. The summed E-state index contributed by atoms with van der Waals surface area (Å²) in [5.41, 5.74) is 1.40. The van der Waals surface area contributed by atoms with Crippen molar-refractivity contribution in [2.45, 2.75) is 11.4 Å². The summed E-state index contributed by atoms with van der Waals surface area (Å²) in [5.74, 6) is 0.239. The molecule has 1 amide bonds. The Hall–Kier alpha value is -3.43. The van der Waals surface area contributed by atoms with Gasteiger partial charge in [0.05, 0.1) is 11.4 Å². The van der Waals surface area contributed by atoms with Crippen molar-refractivity contribution >= 4 is 38.9 Å². The maximum Gasteiger partial charge on any atom is 0.261 e. The second-order valence-corrected chi connectivity index (χ2v) is 8.48. The fourth-order valence-electron chi connectivity index (χ4n) is 2.79. The van der Waals surface area contributed by atoms with E-state index in [9.17, 15) is 13.2 Å². The third-order valence-electron chi connectivity index (χ3n) is 4.31. The van der Waals surface area contributed by atoms with E-state index >= 15 is 0 Å². The van der Waals surface area contributed by atoms with Gasteiger partial charge < -0.3 is 5.32 Å². The lowest BCUT2D eigenvalue weighted by Gasteiger charge is -2.09. The molecule has 2 aromatic carbocycles. The summed E-state index contributed by atoms with van der Waals surface area (Å²) in [6.45, 7) is 0.183. The minimum atomic E-state index is -3.79. The molecular weight excluding hydrogens is 426 g/mol. The summed E-state index contributed by atoms with van der Waals surface area (Å²) in [5, 5.41) is 11.3. The first-order chi connectivity index (χ1) is 14.4. The van der Waals surface area contributed by atoms with Gasteiger partial charge in [0.1, 0.15) is 0 Å². The second kappa shape index (κ2) is 8.13. The first kappa shape index (κ1) is 19.9. The van der Waals surface area contributed by atoms with Crippen LogP contribution >= 0.6 is 11.6 Å². The number of hydrogen-bond acceptors (Lipinski definition) is 5. The predicted molar refractivity (Wildman–Crippen MR) is 113 cm³/mol. The largest absolute Gasteiger partial charge is 0.345 e. The normalized spacial score (nSPS) is 11.4. The van der Waals surface area contributed by atoms with E-state index in [2.05, 4.69) is 20.2 Å². The van der Waals surface area contributed by atoms with Crippen LogP contribution in [-0.4, -0.2) is 28.9 Å². The lowest BCUT2D eigenvalue weighted by atomic mass is 10.2. The van der Waals surface area contributed by atoms with Crippen molar-refractivity contribution in [3.63, 3.8) is 0 Å². The molecule has 0 radical (unpaired) electrons. The summed E-state index contributed by atoms with van der Waals surface area (Å²) in [4.78, 5) is 12.5. The van der Waals surface area contributed by atoms with E-state index in [0.29, 0.717) is 27.7 Å². The van der Waals surface area contributed by atoms with E-state index in [1.165, 1.54) is 24.3 Å². The molecular formula is C20H16ClN5O3S. The highest BCUT2D eigenvalue weighted by atomic mass is 35.5. The number of amides is 1. The van der Waals surface area contributed by atoms with Crippen molar-refractivity contribution in [3.05, 3.63) is 89.3 Å². The number of pyridine rings is 1. The molecule has 0 atom stereocenters. The standard InChI is InChI=1S/C20H16ClN5O3S/c21-15-6-8-16(9-7-15)25-30(28,29)17-10-4-14(5-11-17)20(27)22-13-19-24-23-18-3-1-2-12-26(18)19/h1-12,25H,13H2,(H,22,27). The number of anilines is 1. The Balaban J connectivity index is 1.43. The fourth-order valence-corrected chi connectivity index (χ4v) is 3.97. The Kier molecular flexibility index (Phi) is 5.39. The van der Waals surface area contributed by atoms with Gasteiger partial charge in [0.15, 0.2) is 11.5 Å². The molecule has 0 fully saturated rings. The lowest BCUT2D eigenvalue weighted by Crippen LogP contribution is -2.24. The third kappa shape index (κ3) is 4.27. The quantitative estimate of drug-likeness (QED) is 0.478. The maximum atomic E-state index is 12.5. The summed E-state index contributed by atoms with van der Waals surface area (Å²) >= 11 is 5.81. The van der Waals surface area contributed by atoms with Crippen LogP contribution < -0.4 is 10.0 Å². The van der Waals surface area contributed by atoms with Gasteiger partial charge in [-0.25, -0.2) is 8.42 Å². The van der Waals surface area contributed by atoms with E-state index in [0.717, 1.165) is 0 Å². The lowest BCUT2D eigenvalue weighted by molar-refractivity contribution is 0.0949. The number of sulfonamides is 1. The molecule has 152 valence electrons. The second-order valence-electron chi connectivity index (χ2n) is 6.36. The zero-order valence-electron chi connectivity index (χ0n) is 15.5. The minimum Gasteiger partial charge on any atom is -0.345 e. The summed E-state index contributed by atoms with van der Waals surface area (Å²) in [6, 6.07) is 17.5. The number of carbonyl (C=O) groups is 1. The van der Waals surface area contributed by atoms with Crippen molar-refractivity contribution in [3.8, 4) is 0 Å². The summed E-state index contributed by atoms with van der Waals surface area (Å²) < 4.78 is 29.3.